The number of H-pyrrole nitrogens is 1. The van der Waals surface area contributed by atoms with Crippen molar-refractivity contribution in [1.82, 2.24) is 9.78 Å². The summed E-state index contributed by atoms with van der Waals surface area (Å²) in [6.45, 7) is 5.90. The Kier molecular flexibility index (Phi) is 11.3. The van der Waals surface area contributed by atoms with Gasteiger partial charge in [0.05, 0.1) is 10.5 Å². The van der Waals surface area contributed by atoms with Gasteiger partial charge < -0.3 is 4.74 Å². The van der Waals surface area contributed by atoms with E-state index < -0.39 is 41.2 Å². The summed E-state index contributed by atoms with van der Waals surface area (Å²) < 4.78 is 71.3. The van der Waals surface area contributed by atoms with Crippen LogP contribution in [0.4, 0.5) is 0 Å². The first-order valence-electron chi connectivity index (χ1n) is 7.89. The van der Waals surface area contributed by atoms with Crippen LogP contribution in [0.1, 0.15) is 26.5 Å². The molecule has 2 aromatic rings. The van der Waals surface area contributed by atoms with E-state index in [2.05, 4.69) is 21.0 Å². The fraction of sp³-hybridized carbons (Fsp3) is 0.400. The molecule has 2 rings (SSSR count). The number of nitrogens with one attached hydrogen (secondary N) is 1. The van der Waals surface area contributed by atoms with Crippen molar-refractivity contribution in [3.63, 3.8) is 0 Å². The Balaban J connectivity index is 0.00000420. The van der Waals surface area contributed by atoms with E-state index in [0.717, 1.165) is 10.7 Å². The van der Waals surface area contributed by atoms with Crippen molar-refractivity contribution in [2.24, 2.45) is 0 Å². The number of benzene rings is 1. The van der Waals surface area contributed by atoms with Crippen molar-refractivity contribution in [3.8, 4) is 5.69 Å². The molecule has 0 aliphatic carbocycles. The molecule has 15 heteroatoms. The predicted molar refractivity (Wildman–Crippen MR) is 103 cm³/mol. The molecule has 0 fully saturated rings. The number of ether oxygens (including phenoxy) is 1. The number of rotatable bonds is 7. The number of hydrogen-bond donors (Lipinski definition) is 3. The smallest absolute Gasteiger partial charge is 0.375 e. The molecule has 156 valence electrons. The molecule has 0 radical (unpaired) electrons. The molecular weight excluding hydrogens is 526 g/mol. The summed E-state index contributed by atoms with van der Waals surface area (Å²) in [7, 11) is -9.71. The van der Waals surface area contributed by atoms with Crippen molar-refractivity contribution in [1.29, 1.82) is 0 Å². The first-order chi connectivity index (χ1) is 12.7. The maximum Gasteiger partial charge on any atom is 1.00 e. The summed E-state index contributed by atoms with van der Waals surface area (Å²) in [5.41, 5.74) is -1.16. The molecular formula is C15H19BrN2Na2O8S2+2. The van der Waals surface area contributed by atoms with Crippen LogP contribution in [0.25, 0.3) is 5.69 Å². The van der Waals surface area contributed by atoms with E-state index in [4.69, 9.17) is 4.74 Å². The third-order valence-electron chi connectivity index (χ3n) is 3.73. The van der Waals surface area contributed by atoms with Crippen molar-refractivity contribution < 1.29 is 89.8 Å². The second-order valence-corrected chi connectivity index (χ2v) is 10.2. The van der Waals surface area contributed by atoms with E-state index in [1.165, 1.54) is 6.07 Å². The molecule has 0 aliphatic heterocycles. The molecule has 10 nitrogen and oxygen atoms in total. The largest absolute Gasteiger partial charge is 1.00 e. The second-order valence-electron chi connectivity index (χ2n) is 6.53. The molecule has 30 heavy (non-hydrogen) atoms. The van der Waals surface area contributed by atoms with Crippen molar-refractivity contribution >= 4 is 36.2 Å². The van der Waals surface area contributed by atoms with Crippen LogP contribution in [0.15, 0.2) is 37.3 Å². The minimum atomic E-state index is -4.95. The average Bonchev–Trinajstić information content (AvgIpc) is 2.83. The third-order valence-corrected chi connectivity index (χ3v) is 6.03. The maximum atomic E-state index is 12.4. The van der Waals surface area contributed by atoms with Gasteiger partial charge in [0.2, 0.25) is 0 Å². The third kappa shape index (κ3) is 7.52. The fourth-order valence-corrected chi connectivity index (χ4v) is 4.96. The van der Waals surface area contributed by atoms with Crippen LogP contribution >= 0.6 is 15.9 Å². The van der Waals surface area contributed by atoms with Gasteiger partial charge in [0.1, 0.15) is 10.6 Å². The zero-order valence-electron chi connectivity index (χ0n) is 17.1. The standard InChI is InChI=1S/C15H19BrN2O8S2.2Na/c1-4-26-15(2,3)8-9-5-13(19)18(17-9)14-11(16)6-10(27(20,21)22)7-12(14)28(23,24)25;;/h5-7,17H,4,8H2,1-3H3,(H,20,21,22)(H,23,24,25);;/q;2*+1. The van der Waals surface area contributed by atoms with E-state index in [9.17, 15) is 30.7 Å². The molecule has 1 aromatic carbocycles. The van der Waals surface area contributed by atoms with Gasteiger partial charge in [-0.15, -0.1) is 0 Å². The monoisotopic (exact) mass is 544 g/mol. The van der Waals surface area contributed by atoms with Crippen LogP contribution in [-0.2, 0) is 31.4 Å². The summed E-state index contributed by atoms with van der Waals surface area (Å²) >= 11 is 2.99. The average molecular weight is 545 g/mol. The quantitative estimate of drug-likeness (QED) is 0.234. The summed E-state index contributed by atoms with van der Waals surface area (Å²) in [5, 5.41) is 2.73. The number of halogens is 1. The van der Waals surface area contributed by atoms with Gasteiger partial charge in [0.25, 0.3) is 25.8 Å². The molecule has 0 saturated heterocycles. The fourth-order valence-electron chi connectivity index (χ4n) is 2.71. The summed E-state index contributed by atoms with van der Waals surface area (Å²) in [5.74, 6) is 0. The Labute approximate surface area is 227 Å². The summed E-state index contributed by atoms with van der Waals surface area (Å²) in [6, 6.07) is 2.70. The van der Waals surface area contributed by atoms with Crippen LogP contribution in [-0.4, -0.2) is 47.9 Å². The van der Waals surface area contributed by atoms with Gasteiger partial charge in [-0.05, 0) is 48.8 Å². The number of hydrogen-bond acceptors (Lipinski definition) is 6. The van der Waals surface area contributed by atoms with Crippen molar-refractivity contribution in [2.75, 3.05) is 6.61 Å². The Morgan fingerprint density at radius 3 is 2.13 bits per heavy atom. The number of nitrogens with zero attached hydrogens (tertiary/aromatic N) is 1. The predicted octanol–water partition coefficient (Wildman–Crippen LogP) is -4.21. The van der Waals surface area contributed by atoms with E-state index in [0.29, 0.717) is 24.8 Å². The van der Waals surface area contributed by atoms with Gasteiger partial charge in [-0.2, -0.15) is 16.8 Å². The normalized spacial score (nSPS) is 12.2. The van der Waals surface area contributed by atoms with Crippen molar-refractivity contribution in [3.05, 3.63) is 38.7 Å². The van der Waals surface area contributed by atoms with E-state index in [-0.39, 0.29) is 69.3 Å². The van der Waals surface area contributed by atoms with E-state index in [1.54, 1.807) is 0 Å². The molecule has 3 N–H and O–H groups in total. The van der Waals surface area contributed by atoms with Crippen LogP contribution in [0.3, 0.4) is 0 Å². The minimum Gasteiger partial charge on any atom is -0.375 e. The van der Waals surface area contributed by atoms with Crippen molar-refractivity contribution in [2.45, 2.75) is 42.6 Å². The van der Waals surface area contributed by atoms with Gasteiger partial charge in [0.15, 0.2) is 0 Å². The molecule has 0 saturated carbocycles. The van der Waals surface area contributed by atoms with E-state index >= 15 is 0 Å². The Morgan fingerprint density at radius 1 is 1.10 bits per heavy atom. The van der Waals surface area contributed by atoms with Crippen LogP contribution in [0, 0.1) is 0 Å². The first-order valence-corrected chi connectivity index (χ1v) is 11.6. The first kappa shape index (κ1) is 30.5. The summed E-state index contributed by atoms with van der Waals surface area (Å²) in [6.07, 6.45) is 0.297. The summed E-state index contributed by atoms with van der Waals surface area (Å²) in [4.78, 5) is 10.8. The van der Waals surface area contributed by atoms with E-state index in [1.807, 2.05) is 20.8 Å². The SMILES string of the molecule is CCOC(C)(C)Cc1cc(=O)n(-c2c(Br)cc(S(=O)(=O)O)cc2S(=O)(=O)O)[nH]1.[Na+].[Na+]. The van der Waals surface area contributed by atoms with Gasteiger partial charge in [-0.25, -0.2) is 4.68 Å². The van der Waals surface area contributed by atoms with Gasteiger partial charge in [0, 0.05) is 29.3 Å². The number of aromatic amines is 1. The molecule has 0 amide bonds. The molecule has 0 aliphatic rings. The second kappa shape index (κ2) is 11.1. The topological polar surface area (TPSA) is 156 Å². The van der Waals surface area contributed by atoms with Crippen LogP contribution in [0.5, 0.6) is 0 Å². The molecule has 0 unspecified atom stereocenters. The minimum absolute atomic E-state index is 0. The Hall–Kier alpha value is 0.490. The molecule has 1 heterocycles. The zero-order chi connectivity index (χ0) is 21.5. The van der Waals surface area contributed by atoms with Gasteiger partial charge in [-0.3, -0.25) is 19.0 Å². The Morgan fingerprint density at radius 2 is 1.67 bits per heavy atom. The van der Waals surface area contributed by atoms with Gasteiger partial charge in [-0.1, -0.05) is 0 Å². The maximum absolute atomic E-state index is 12.4. The van der Waals surface area contributed by atoms with Gasteiger partial charge >= 0.3 is 59.1 Å². The zero-order valence-corrected chi connectivity index (χ0v) is 24.4. The molecule has 1 aromatic heterocycles. The molecule has 0 bridgehead atoms. The molecule has 0 atom stereocenters. The molecule has 0 spiro atoms. The van der Waals surface area contributed by atoms with Crippen LogP contribution in [0.2, 0.25) is 0 Å². The Bertz CT molecular complexity index is 1170. The van der Waals surface area contributed by atoms with Crippen LogP contribution < -0.4 is 64.7 Å². The number of aromatic nitrogens is 2.